The van der Waals surface area contributed by atoms with Crippen molar-refractivity contribution in [2.45, 2.75) is 47.1 Å². The lowest BCUT2D eigenvalue weighted by Crippen LogP contribution is -2.39. The standard InChI is InChI=1S/C14H26ClN3/c1-7-16-13(10(4)9(2)3)8-12-11(5)17-18(6)14(12)15/h9-10,13,16H,7-8H2,1-6H3. The van der Waals surface area contributed by atoms with Crippen LogP contribution in [0.1, 0.15) is 39.0 Å². The molecule has 3 nitrogen and oxygen atoms in total. The van der Waals surface area contributed by atoms with Crippen molar-refractivity contribution in [1.29, 1.82) is 0 Å². The number of aromatic nitrogens is 2. The van der Waals surface area contributed by atoms with E-state index in [1.807, 2.05) is 14.0 Å². The Morgan fingerprint density at radius 2 is 1.94 bits per heavy atom. The number of nitrogens with zero attached hydrogens (tertiary/aromatic N) is 2. The Balaban J connectivity index is 2.89. The minimum atomic E-state index is 0.454. The van der Waals surface area contributed by atoms with Crippen LogP contribution in [0.3, 0.4) is 0 Å². The molecule has 0 saturated carbocycles. The normalized spacial score (nSPS) is 15.1. The van der Waals surface area contributed by atoms with Gasteiger partial charge in [-0.25, -0.2) is 0 Å². The molecule has 1 aromatic heterocycles. The van der Waals surface area contributed by atoms with E-state index in [0.717, 1.165) is 23.8 Å². The van der Waals surface area contributed by atoms with Crippen molar-refractivity contribution in [3.8, 4) is 0 Å². The van der Waals surface area contributed by atoms with Gasteiger partial charge in [0.05, 0.1) is 5.69 Å². The molecule has 0 spiro atoms. The summed E-state index contributed by atoms with van der Waals surface area (Å²) in [6.07, 6.45) is 0.950. The van der Waals surface area contributed by atoms with E-state index >= 15 is 0 Å². The van der Waals surface area contributed by atoms with Crippen LogP contribution >= 0.6 is 11.6 Å². The molecule has 1 N–H and O–H groups in total. The fraction of sp³-hybridized carbons (Fsp3) is 0.786. The van der Waals surface area contributed by atoms with Gasteiger partial charge in [0.1, 0.15) is 5.15 Å². The molecule has 0 aliphatic carbocycles. The molecule has 2 unspecified atom stereocenters. The lowest BCUT2D eigenvalue weighted by molar-refractivity contribution is 0.300. The highest BCUT2D eigenvalue weighted by atomic mass is 35.5. The zero-order valence-corrected chi connectivity index (χ0v) is 13.2. The largest absolute Gasteiger partial charge is 0.314 e. The third-order valence-corrected chi connectivity index (χ3v) is 4.32. The molecule has 104 valence electrons. The molecule has 0 aliphatic rings. The first-order valence-corrected chi connectivity index (χ1v) is 7.17. The first-order valence-electron chi connectivity index (χ1n) is 6.79. The summed E-state index contributed by atoms with van der Waals surface area (Å²) in [5.41, 5.74) is 2.22. The molecule has 0 aliphatic heterocycles. The van der Waals surface area contributed by atoms with Crippen LogP contribution in [0.4, 0.5) is 0 Å². The number of hydrogen-bond acceptors (Lipinski definition) is 2. The molecule has 0 radical (unpaired) electrons. The maximum Gasteiger partial charge on any atom is 0.130 e. The van der Waals surface area contributed by atoms with Crippen LogP contribution < -0.4 is 5.32 Å². The SMILES string of the molecule is CCNC(Cc1c(C)nn(C)c1Cl)C(C)C(C)C. The summed E-state index contributed by atoms with van der Waals surface area (Å²) in [6, 6.07) is 0.454. The van der Waals surface area contributed by atoms with E-state index in [4.69, 9.17) is 11.6 Å². The summed E-state index contributed by atoms with van der Waals surface area (Å²) in [5, 5.41) is 8.73. The quantitative estimate of drug-likeness (QED) is 0.861. The first-order chi connectivity index (χ1) is 8.38. The van der Waals surface area contributed by atoms with Gasteiger partial charge in [0, 0.05) is 18.7 Å². The van der Waals surface area contributed by atoms with E-state index in [2.05, 4.69) is 38.1 Å². The Hall–Kier alpha value is -0.540. The van der Waals surface area contributed by atoms with Gasteiger partial charge in [-0.1, -0.05) is 39.3 Å². The number of nitrogens with one attached hydrogen (secondary N) is 1. The van der Waals surface area contributed by atoms with Crippen LogP contribution in [0.25, 0.3) is 0 Å². The maximum atomic E-state index is 6.32. The number of halogens is 1. The molecule has 1 aromatic rings. The number of aryl methyl sites for hydroxylation is 2. The smallest absolute Gasteiger partial charge is 0.130 e. The van der Waals surface area contributed by atoms with E-state index < -0.39 is 0 Å². The van der Waals surface area contributed by atoms with Gasteiger partial charge in [-0.05, 0) is 31.7 Å². The van der Waals surface area contributed by atoms with Crippen LogP contribution in [0.5, 0.6) is 0 Å². The van der Waals surface area contributed by atoms with Crippen LogP contribution in [-0.4, -0.2) is 22.4 Å². The summed E-state index contributed by atoms with van der Waals surface area (Å²) in [6.45, 7) is 12.0. The Morgan fingerprint density at radius 1 is 1.33 bits per heavy atom. The summed E-state index contributed by atoms with van der Waals surface area (Å²) in [5.74, 6) is 1.27. The van der Waals surface area contributed by atoms with Crippen molar-refractivity contribution in [3.63, 3.8) is 0 Å². The Labute approximate surface area is 116 Å². The lowest BCUT2D eigenvalue weighted by atomic mass is 9.86. The fourth-order valence-electron chi connectivity index (χ4n) is 2.30. The molecular weight excluding hydrogens is 246 g/mol. The minimum absolute atomic E-state index is 0.454. The highest BCUT2D eigenvalue weighted by molar-refractivity contribution is 6.30. The van der Waals surface area contributed by atoms with Gasteiger partial charge >= 0.3 is 0 Å². The van der Waals surface area contributed by atoms with E-state index in [9.17, 15) is 0 Å². The zero-order valence-electron chi connectivity index (χ0n) is 12.4. The molecule has 1 rings (SSSR count). The van der Waals surface area contributed by atoms with Gasteiger partial charge in [0.2, 0.25) is 0 Å². The van der Waals surface area contributed by atoms with Crippen molar-refractivity contribution in [2.24, 2.45) is 18.9 Å². The van der Waals surface area contributed by atoms with E-state index in [1.165, 1.54) is 5.56 Å². The van der Waals surface area contributed by atoms with Crippen LogP contribution in [0.2, 0.25) is 5.15 Å². The van der Waals surface area contributed by atoms with Crippen LogP contribution in [0, 0.1) is 18.8 Å². The van der Waals surface area contributed by atoms with Gasteiger partial charge in [0.15, 0.2) is 0 Å². The van der Waals surface area contributed by atoms with Crippen LogP contribution in [0.15, 0.2) is 0 Å². The summed E-state index contributed by atoms with van der Waals surface area (Å²) in [4.78, 5) is 0. The number of hydrogen-bond donors (Lipinski definition) is 1. The Bertz CT molecular complexity index is 385. The van der Waals surface area contributed by atoms with Crippen molar-refractivity contribution < 1.29 is 0 Å². The zero-order chi connectivity index (χ0) is 13.9. The molecule has 18 heavy (non-hydrogen) atoms. The van der Waals surface area contributed by atoms with Gasteiger partial charge in [-0.15, -0.1) is 0 Å². The van der Waals surface area contributed by atoms with Crippen molar-refractivity contribution in [3.05, 3.63) is 16.4 Å². The lowest BCUT2D eigenvalue weighted by Gasteiger charge is -2.27. The Kier molecular flexibility index (Phi) is 5.67. The van der Waals surface area contributed by atoms with Crippen molar-refractivity contribution >= 4 is 11.6 Å². The predicted octanol–water partition coefficient (Wildman–Crippen LogP) is 3.19. The molecule has 0 saturated heterocycles. The Morgan fingerprint density at radius 3 is 2.33 bits per heavy atom. The van der Waals surface area contributed by atoms with Crippen LogP contribution in [-0.2, 0) is 13.5 Å². The second-order valence-corrected chi connectivity index (χ2v) is 5.81. The van der Waals surface area contributed by atoms with Gasteiger partial charge in [-0.2, -0.15) is 5.10 Å². The monoisotopic (exact) mass is 271 g/mol. The first kappa shape index (κ1) is 15.5. The van der Waals surface area contributed by atoms with E-state index in [1.54, 1.807) is 4.68 Å². The predicted molar refractivity (Wildman–Crippen MR) is 78.1 cm³/mol. The van der Waals surface area contributed by atoms with Gasteiger partial charge in [0.25, 0.3) is 0 Å². The molecule has 0 amide bonds. The van der Waals surface area contributed by atoms with E-state index in [0.29, 0.717) is 17.9 Å². The van der Waals surface area contributed by atoms with Crippen molar-refractivity contribution in [2.75, 3.05) is 6.54 Å². The third kappa shape index (κ3) is 3.48. The van der Waals surface area contributed by atoms with E-state index in [-0.39, 0.29) is 0 Å². The maximum absolute atomic E-state index is 6.32. The topological polar surface area (TPSA) is 29.9 Å². The van der Waals surface area contributed by atoms with Gasteiger partial charge < -0.3 is 5.32 Å². The fourth-order valence-corrected chi connectivity index (χ4v) is 2.55. The second-order valence-electron chi connectivity index (χ2n) is 5.45. The molecule has 0 bridgehead atoms. The molecule has 2 atom stereocenters. The summed E-state index contributed by atoms with van der Waals surface area (Å²) in [7, 11) is 1.90. The minimum Gasteiger partial charge on any atom is -0.314 e. The number of likely N-dealkylation sites (N-methyl/N-ethyl adjacent to an activating group) is 1. The molecule has 0 fully saturated rings. The molecule has 1 heterocycles. The second kappa shape index (κ2) is 6.58. The summed E-state index contributed by atoms with van der Waals surface area (Å²) < 4.78 is 1.76. The highest BCUT2D eigenvalue weighted by Crippen LogP contribution is 2.24. The molecule has 0 aromatic carbocycles. The molecule has 4 heteroatoms. The van der Waals surface area contributed by atoms with Crippen molar-refractivity contribution in [1.82, 2.24) is 15.1 Å². The van der Waals surface area contributed by atoms with Gasteiger partial charge in [-0.3, -0.25) is 4.68 Å². The molecular formula is C14H26ClN3. The highest BCUT2D eigenvalue weighted by Gasteiger charge is 2.23. The average molecular weight is 272 g/mol. The third-order valence-electron chi connectivity index (χ3n) is 3.85. The average Bonchev–Trinajstić information content (AvgIpc) is 2.54. The number of rotatable bonds is 6. The summed E-state index contributed by atoms with van der Waals surface area (Å²) >= 11 is 6.32.